The van der Waals surface area contributed by atoms with Gasteiger partial charge in [-0.3, -0.25) is 0 Å². The van der Waals surface area contributed by atoms with E-state index in [9.17, 15) is 0 Å². The standard InChI is InChI=1S/C13H8N4S/c1-2-11-12(17-18-16-11)6-8(1)10-5-9-3-4-14-13(9)15-7-10/h1-7H,(H,14,15). The maximum atomic E-state index is 4.40. The highest BCUT2D eigenvalue weighted by atomic mass is 32.1. The van der Waals surface area contributed by atoms with Gasteiger partial charge in [0.05, 0.1) is 11.7 Å². The highest BCUT2D eigenvalue weighted by molar-refractivity contribution is 7.00. The lowest BCUT2D eigenvalue weighted by atomic mass is 10.1. The number of H-pyrrole nitrogens is 1. The van der Waals surface area contributed by atoms with Crippen LogP contribution in [-0.2, 0) is 0 Å². The van der Waals surface area contributed by atoms with Gasteiger partial charge in [-0.2, -0.15) is 8.75 Å². The molecule has 5 heteroatoms. The van der Waals surface area contributed by atoms with Crippen LogP contribution in [0.25, 0.3) is 33.2 Å². The summed E-state index contributed by atoms with van der Waals surface area (Å²) in [7, 11) is 0. The molecule has 1 N–H and O–H groups in total. The molecule has 0 aliphatic rings. The zero-order chi connectivity index (χ0) is 11.9. The molecule has 0 spiro atoms. The molecule has 0 unspecified atom stereocenters. The highest BCUT2D eigenvalue weighted by Gasteiger charge is 2.04. The fourth-order valence-corrected chi connectivity index (χ4v) is 2.58. The normalized spacial score (nSPS) is 11.3. The molecule has 3 heterocycles. The van der Waals surface area contributed by atoms with Crippen molar-refractivity contribution in [3.8, 4) is 11.1 Å². The van der Waals surface area contributed by atoms with Crippen LogP contribution in [0.5, 0.6) is 0 Å². The van der Waals surface area contributed by atoms with E-state index in [1.54, 1.807) is 0 Å². The van der Waals surface area contributed by atoms with Gasteiger partial charge in [0.1, 0.15) is 16.7 Å². The fraction of sp³-hybridized carbons (Fsp3) is 0. The predicted octanol–water partition coefficient (Wildman–Crippen LogP) is 3.23. The topological polar surface area (TPSA) is 54.5 Å². The molecule has 0 bridgehead atoms. The van der Waals surface area contributed by atoms with Crippen LogP contribution in [0.2, 0.25) is 0 Å². The molecular formula is C13H8N4S. The van der Waals surface area contributed by atoms with Crippen molar-refractivity contribution in [1.82, 2.24) is 18.7 Å². The number of hydrogen-bond acceptors (Lipinski definition) is 4. The zero-order valence-electron chi connectivity index (χ0n) is 9.29. The summed E-state index contributed by atoms with van der Waals surface area (Å²) in [5, 5.41) is 1.11. The second-order valence-electron chi connectivity index (χ2n) is 4.11. The van der Waals surface area contributed by atoms with Gasteiger partial charge in [-0.25, -0.2) is 4.98 Å². The van der Waals surface area contributed by atoms with E-state index in [0.29, 0.717) is 0 Å². The molecule has 1 aromatic carbocycles. The molecule has 3 aromatic heterocycles. The Morgan fingerprint density at radius 1 is 0.944 bits per heavy atom. The van der Waals surface area contributed by atoms with Gasteiger partial charge in [0.2, 0.25) is 0 Å². The van der Waals surface area contributed by atoms with Gasteiger partial charge in [0.15, 0.2) is 0 Å². The third-order valence-corrected chi connectivity index (χ3v) is 3.54. The Kier molecular flexibility index (Phi) is 1.95. The Bertz CT molecular complexity index is 774. The highest BCUT2D eigenvalue weighted by Crippen LogP contribution is 2.25. The molecule has 0 aliphatic carbocycles. The van der Waals surface area contributed by atoms with Crippen molar-refractivity contribution in [1.29, 1.82) is 0 Å². The van der Waals surface area contributed by atoms with E-state index in [4.69, 9.17) is 0 Å². The number of aromatic nitrogens is 4. The number of hydrogen-bond donors (Lipinski definition) is 1. The summed E-state index contributed by atoms with van der Waals surface area (Å²) in [6, 6.07) is 10.2. The van der Waals surface area contributed by atoms with Gasteiger partial charge in [-0.05, 0) is 29.8 Å². The summed E-state index contributed by atoms with van der Waals surface area (Å²) in [5.74, 6) is 0. The largest absolute Gasteiger partial charge is 0.346 e. The second kappa shape index (κ2) is 3.61. The van der Waals surface area contributed by atoms with E-state index in [0.717, 1.165) is 33.2 Å². The molecule has 0 saturated carbocycles. The summed E-state index contributed by atoms with van der Waals surface area (Å²) in [5.41, 5.74) is 5.00. The molecular weight excluding hydrogens is 244 g/mol. The van der Waals surface area contributed by atoms with Crippen LogP contribution in [0.3, 0.4) is 0 Å². The molecule has 4 aromatic rings. The van der Waals surface area contributed by atoms with Gasteiger partial charge in [-0.1, -0.05) is 6.07 Å². The molecule has 0 amide bonds. The molecule has 0 aliphatic heterocycles. The Morgan fingerprint density at radius 2 is 1.89 bits per heavy atom. The lowest BCUT2D eigenvalue weighted by Gasteiger charge is -2.01. The Hall–Kier alpha value is -2.27. The first-order chi connectivity index (χ1) is 8.90. The first kappa shape index (κ1) is 9.73. The molecule has 0 atom stereocenters. The smallest absolute Gasteiger partial charge is 0.137 e. The molecule has 4 rings (SSSR count). The number of aromatic amines is 1. The Labute approximate surface area is 107 Å². The van der Waals surface area contributed by atoms with Gasteiger partial charge in [0.25, 0.3) is 0 Å². The van der Waals surface area contributed by atoms with Crippen molar-refractivity contribution in [3.05, 3.63) is 42.7 Å². The fourth-order valence-electron chi connectivity index (χ4n) is 2.06. The first-order valence-corrected chi connectivity index (χ1v) is 6.29. The average molecular weight is 252 g/mol. The lowest BCUT2D eigenvalue weighted by molar-refractivity contribution is 1.33. The Balaban J connectivity index is 1.93. The minimum atomic E-state index is 0.912. The maximum absolute atomic E-state index is 4.40. The summed E-state index contributed by atoms with van der Waals surface area (Å²) < 4.78 is 8.47. The maximum Gasteiger partial charge on any atom is 0.137 e. The average Bonchev–Trinajstić information content (AvgIpc) is 3.05. The summed E-state index contributed by atoms with van der Waals surface area (Å²) >= 11 is 1.24. The molecule has 0 fully saturated rings. The van der Waals surface area contributed by atoms with Crippen molar-refractivity contribution in [2.45, 2.75) is 0 Å². The summed E-state index contributed by atoms with van der Waals surface area (Å²) in [6.07, 6.45) is 3.77. The monoisotopic (exact) mass is 252 g/mol. The number of rotatable bonds is 1. The lowest BCUT2D eigenvalue weighted by Crippen LogP contribution is -1.82. The molecule has 18 heavy (non-hydrogen) atoms. The van der Waals surface area contributed by atoms with Crippen LogP contribution in [0.15, 0.2) is 42.7 Å². The minimum absolute atomic E-state index is 0.912. The zero-order valence-corrected chi connectivity index (χ0v) is 10.1. The molecule has 4 nitrogen and oxygen atoms in total. The minimum Gasteiger partial charge on any atom is -0.346 e. The number of pyridine rings is 1. The Morgan fingerprint density at radius 3 is 2.89 bits per heavy atom. The number of benzene rings is 1. The summed E-state index contributed by atoms with van der Waals surface area (Å²) in [4.78, 5) is 7.49. The van der Waals surface area contributed by atoms with E-state index >= 15 is 0 Å². The van der Waals surface area contributed by atoms with Crippen molar-refractivity contribution in [2.75, 3.05) is 0 Å². The van der Waals surface area contributed by atoms with Crippen LogP contribution in [-0.4, -0.2) is 18.7 Å². The third kappa shape index (κ3) is 1.41. The first-order valence-electron chi connectivity index (χ1n) is 5.56. The van der Waals surface area contributed by atoms with E-state index in [-0.39, 0.29) is 0 Å². The van der Waals surface area contributed by atoms with Crippen LogP contribution < -0.4 is 0 Å². The van der Waals surface area contributed by atoms with Gasteiger partial charge < -0.3 is 4.98 Å². The van der Waals surface area contributed by atoms with E-state index in [2.05, 4.69) is 30.8 Å². The van der Waals surface area contributed by atoms with Crippen molar-refractivity contribution in [3.63, 3.8) is 0 Å². The SMILES string of the molecule is c1cc2cc(-c3ccc4nsnc4c3)cnc2[nH]1. The third-order valence-electron chi connectivity index (χ3n) is 2.99. The summed E-state index contributed by atoms with van der Waals surface area (Å²) in [6.45, 7) is 0. The molecule has 0 saturated heterocycles. The quantitative estimate of drug-likeness (QED) is 0.566. The van der Waals surface area contributed by atoms with Gasteiger partial charge >= 0.3 is 0 Å². The van der Waals surface area contributed by atoms with E-state index in [1.165, 1.54) is 11.7 Å². The van der Waals surface area contributed by atoms with Crippen molar-refractivity contribution >= 4 is 33.8 Å². The van der Waals surface area contributed by atoms with Crippen molar-refractivity contribution in [2.24, 2.45) is 0 Å². The van der Waals surface area contributed by atoms with Crippen LogP contribution in [0.4, 0.5) is 0 Å². The number of fused-ring (bicyclic) bond motifs is 2. The van der Waals surface area contributed by atoms with Gasteiger partial charge in [-0.15, -0.1) is 0 Å². The molecule has 0 radical (unpaired) electrons. The van der Waals surface area contributed by atoms with Gasteiger partial charge in [0, 0.05) is 23.3 Å². The van der Waals surface area contributed by atoms with E-state index < -0.39 is 0 Å². The predicted molar refractivity (Wildman–Crippen MR) is 72.5 cm³/mol. The second-order valence-corrected chi connectivity index (χ2v) is 4.64. The number of nitrogens with one attached hydrogen (secondary N) is 1. The van der Waals surface area contributed by atoms with Crippen LogP contribution in [0.1, 0.15) is 0 Å². The van der Waals surface area contributed by atoms with E-state index in [1.807, 2.05) is 30.6 Å². The van der Waals surface area contributed by atoms with Crippen molar-refractivity contribution < 1.29 is 0 Å². The van der Waals surface area contributed by atoms with Crippen LogP contribution in [0, 0.1) is 0 Å². The van der Waals surface area contributed by atoms with Crippen LogP contribution >= 0.6 is 11.7 Å². The number of nitrogens with zero attached hydrogens (tertiary/aromatic N) is 3. The molecule has 86 valence electrons.